The van der Waals surface area contributed by atoms with Crippen molar-refractivity contribution in [2.45, 2.75) is 20.4 Å². The fourth-order valence-corrected chi connectivity index (χ4v) is 1.40. The van der Waals surface area contributed by atoms with Gasteiger partial charge in [0.05, 0.1) is 0 Å². The van der Waals surface area contributed by atoms with Crippen molar-refractivity contribution in [1.29, 1.82) is 0 Å². The van der Waals surface area contributed by atoms with Crippen molar-refractivity contribution >= 4 is 5.97 Å². The van der Waals surface area contributed by atoms with Gasteiger partial charge in [0.15, 0.2) is 0 Å². The first-order chi connectivity index (χ1) is 6.07. The highest BCUT2D eigenvalue weighted by atomic mass is 16.4. The van der Waals surface area contributed by atoms with Crippen molar-refractivity contribution in [3.63, 3.8) is 0 Å². The third kappa shape index (κ3) is 1.72. The average molecular weight is 183 g/mol. The van der Waals surface area contributed by atoms with E-state index in [4.69, 9.17) is 9.52 Å². The predicted octanol–water partition coefficient (Wildman–Crippen LogP) is 1.31. The van der Waals surface area contributed by atoms with Crippen LogP contribution in [0.25, 0.3) is 0 Å². The van der Waals surface area contributed by atoms with Crippen LogP contribution in [-0.4, -0.2) is 18.1 Å². The highest BCUT2D eigenvalue weighted by Crippen LogP contribution is 2.21. The number of aromatic carboxylic acids is 1. The number of carboxylic acid groups (broad SMARTS) is 1. The first kappa shape index (κ1) is 9.80. The van der Waals surface area contributed by atoms with Gasteiger partial charge in [0.1, 0.15) is 17.1 Å². The highest BCUT2D eigenvalue weighted by Gasteiger charge is 2.19. The molecule has 0 aliphatic carbocycles. The van der Waals surface area contributed by atoms with Gasteiger partial charge in [-0.25, -0.2) is 4.79 Å². The van der Waals surface area contributed by atoms with Gasteiger partial charge in [-0.1, -0.05) is 0 Å². The van der Waals surface area contributed by atoms with E-state index in [1.54, 1.807) is 20.9 Å². The van der Waals surface area contributed by atoms with E-state index >= 15 is 0 Å². The third-order valence-electron chi connectivity index (χ3n) is 1.95. The number of carboxylic acids is 1. The molecule has 0 spiro atoms. The largest absolute Gasteiger partial charge is 0.478 e. The van der Waals surface area contributed by atoms with E-state index in [1.165, 1.54) is 0 Å². The lowest BCUT2D eigenvalue weighted by molar-refractivity contribution is 0.0694. The summed E-state index contributed by atoms with van der Waals surface area (Å²) in [5.74, 6) is 0.208. The van der Waals surface area contributed by atoms with Crippen molar-refractivity contribution in [2.75, 3.05) is 7.05 Å². The molecule has 0 aromatic carbocycles. The molecular weight excluding hydrogens is 170 g/mol. The van der Waals surface area contributed by atoms with E-state index in [0.717, 1.165) is 5.56 Å². The zero-order valence-electron chi connectivity index (χ0n) is 7.97. The number of carbonyl (C=O) groups is 1. The Bertz CT molecular complexity index is 328. The van der Waals surface area contributed by atoms with Gasteiger partial charge in [0.2, 0.25) is 0 Å². The average Bonchev–Trinajstić information content (AvgIpc) is 2.27. The number of hydrogen-bond donors (Lipinski definition) is 2. The number of rotatable bonds is 3. The maximum atomic E-state index is 10.8. The Morgan fingerprint density at radius 3 is 2.54 bits per heavy atom. The summed E-state index contributed by atoms with van der Waals surface area (Å²) in [4.78, 5) is 10.8. The summed E-state index contributed by atoms with van der Waals surface area (Å²) in [6.07, 6.45) is 0. The normalized spacial score (nSPS) is 10.4. The molecular formula is C9H13NO3. The summed E-state index contributed by atoms with van der Waals surface area (Å²) in [6, 6.07) is 0. The van der Waals surface area contributed by atoms with Gasteiger partial charge in [0.25, 0.3) is 0 Å². The molecule has 4 heteroatoms. The van der Waals surface area contributed by atoms with Crippen molar-refractivity contribution in [3.8, 4) is 0 Å². The van der Waals surface area contributed by atoms with Crippen molar-refractivity contribution in [3.05, 3.63) is 22.6 Å². The minimum atomic E-state index is -0.931. The van der Waals surface area contributed by atoms with Crippen LogP contribution < -0.4 is 5.32 Å². The summed E-state index contributed by atoms with van der Waals surface area (Å²) in [6.45, 7) is 3.95. The SMILES string of the molecule is CNCc1c(C)oc(C)c1C(=O)O. The second-order valence-electron chi connectivity index (χ2n) is 2.90. The number of hydrogen-bond acceptors (Lipinski definition) is 3. The van der Waals surface area contributed by atoms with Crippen LogP contribution in [0.2, 0.25) is 0 Å². The van der Waals surface area contributed by atoms with E-state index in [-0.39, 0.29) is 5.56 Å². The minimum absolute atomic E-state index is 0.284. The Hall–Kier alpha value is -1.29. The maximum Gasteiger partial charge on any atom is 0.339 e. The van der Waals surface area contributed by atoms with Crippen molar-refractivity contribution < 1.29 is 14.3 Å². The van der Waals surface area contributed by atoms with Gasteiger partial charge in [-0.05, 0) is 20.9 Å². The molecule has 0 amide bonds. The molecule has 0 saturated heterocycles. The summed E-state index contributed by atoms with van der Waals surface area (Å²) >= 11 is 0. The Kier molecular flexibility index (Phi) is 2.72. The molecule has 1 aromatic rings. The molecule has 0 fully saturated rings. The van der Waals surface area contributed by atoms with Gasteiger partial charge in [-0.15, -0.1) is 0 Å². The molecule has 72 valence electrons. The maximum absolute atomic E-state index is 10.8. The molecule has 1 aromatic heterocycles. The lowest BCUT2D eigenvalue weighted by Gasteiger charge is -1.98. The quantitative estimate of drug-likeness (QED) is 0.741. The lowest BCUT2D eigenvalue weighted by Crippen LogP contribution is -2.10. The lowest BCUT2D eigenvalue weighted by atomic mass is 10.1. The van der Waals surface area contributed by atoms with E-state index in [2.05, 4.69) is 5.32 Å². The smallest absolute Gasteiger partial charge is 0.339 e. The van der Waals surface area contributed by atoms with E-state index in [0.29, 0.717) is 18.1 Å². The van der Waals surface area contributed by atoms with Crippen LogP contribution >= 0.6 is 0 Å². The highest BCUT2D eigenvalue weighted by molar-refractivity contribution is 5.90. The Morgan fingerprint density at radius 1 is 1.46 bits per heavy atom. The molecule has 4 nitrogen and oxygen atoms in total. The molecule has 0 atom stereocenters. The molecule has 13 heavy (non-hydrogen) atoms. The van der Waals surface area contributed by atoms with Crippen LogP contribution in [0, 0.1) is 13.8 Å². The Balaban J connectivity index is 3.20. The van der Waals surface area contributed by atoms with Gasteiger partial charge < -0.3 is 14.8 Å². The summed E-state index contributed by atoms with van der Waals surface area (Å²) < 4.78 is 5.24. The number of furan rings is 1. The fourth-order valence-electron chi connectivity index (χ4n) is 1.40. The topological polar surface area (TPSA) is 62.5 Å². The fraction of sp³-hybridized carbons (Fsp3) is 0.444. The van der Waals surface area contributed by atoms with E-state index in [1.807, 2.05) is 0 Å². The molecule has 2 N–H and O–H groups in total. The zero-order chi connectivity index (χ0) is 10.0. The van der Waals surface area contributed by atoms with Crippen LogP contribution in [0.4, 0.5) is 0 Å². The van der Waals surface area contributed by atoms with Crippen LogP contribution in [0.15, 0.2) is 4.42 Å². The minimum Gasteiger partial charge on any atom is -0.478 e. The summed E-state index contributed by atoms with van der Waals surface area (Å²) in [5.41, 5.74) is 1.01. The van der Waals surface area contributed by atoms with Gasteiger partial charge in [-0.3, -0.25) is 0 Å². The predicted molar refractivity (Wildman–Crippen MR) is 47.9 cm³/mol. The molecule has 0 aliphatic heterocycles. The second kappa shape index (κ2) is 3.62. The van der Waals surface area contributed by atoms with Gasteiger partial charge in [-0.2, -0.15) is 0 Å². The van der Waals surface area contributed by atoms with Crippen molar-refractivity contribution in [1.82, 2.24) is 5.32 Å². The Morgan fingerprint density at radius 2 is 2.08 bits per heavy atom. The molecule has 1 rings (SSSR count). The first-order valence-corrected chi connectivity index (χ1v) is 4.04. The molecule has 1 heterocycles. The first-order valence-electron chi connectivity index (χ1n) is 4.04. The molecule has 0 bridgehead atoms. The third-order valence-corrected chi connectivity index (χ3v) is 1.95. The van der Waals surface area contributed by atoms with Crippen LogP contribution in [0.5, 0.6) is 0 Å². The van der Waals surface area contributed by atoms with Crippen LogP contribution in [-0.2, 0) is 6.54 Å². The standard InChI is InChI=1S/C9H13NO3/c1-5-7(4-10-3)8(9(11)12)6(2)13-5/h10H,4H2,1-3H3,(H,11,12). The zero-order valence-corrected chi connectivity index (χ0v) is 7.97. The molecule has 0 radical (unpaired) electrons. The molecule has 0 aliphatic rings. The summed E-state index contributed by atoms with van der Waals surface area (Å²) in [7, 11) is 1.77. The molecule has 0 unspecified atom stereocenters. The number of nitrogens with one attached hydrogen (secondary N) is 1. The van der Waals surface area contributed by atoms with E-state index in [9.17, 15) is 4.79 Å². The van der Waals surface area contributed by atoms with Crippen molar-refractivity contribution in [2.24, 2.45) is 0 Å². The van der Waals surface area contributed by atoms with Gasteiger partial charge >= 0.3 is 5.97 Å². The monoisotopic (exact) mass is 183 g/mol. The Labute approximate surface area is 76.6 Å². The van der Waals surface area contributed by atoms with E-state index < -0.39 is 5.97 Å². The van der Waals surface area contributed by atoms with Gasteiger partial charge in [0, 0.05) is 12.1 Å². The summed E-state index contributed by atoms with van der Waals surface area (Å²) in [5, 5.41) is 11.8. The second-order valence-corrected chi connectivity index (χ2v) is 2.90. The van der Waals surface area contributed by atoms with Crippen LogP contribution in [0.3, 0.4) is 0 Å². The number of aryl methyl sites for hydroxylation is 2. The molecule has 0 saturated carbocycles. The van der Waals surface area contributed by atoms with Crippen LogP contribution in [0.1, 0.15) is 27.4 Å².